The number of hydrogen-bond donors (Lipinski definition) is 0. The van der Waals surface area contributed by atoms with Gasteiger partial charge in [-0.15, -0.1) is 0 Å². The summed E-state index contributed by atoms with van der Waals surface area (Å²) in [6.45, 7) is 5.24. The zero-order valence-electron chi connectivity index (χ0n) is 16.7. The van der Waals surface area contributed by atoms with Crippen LogP contribution in [0.3, 0.4) is 0 Å². The molecule has 2 aromatic rings. The van der Waals surface area contributed by atoms with E-state index in [0.717, 1.165) is 30.5 Å². The number of methoxy groups -OCH3 is 1. The Bertz CT molecular complexity index is 876. The van der Waals surface area contributed by atoms with E-state index in [-0.39, 0.29) is 0 Å². The minimum absolute atomic E-state index is 0.498. The largest absolute Gasteiger partial charge is 0.497 e. The summed E-state index contributed by atoms with van der Waals surface area (Å²) in [5, 5.41) is 0. The molecular weight excluding hydrogens is 348 g/mol. The second kappa shape index (κ2) is 7.26. The summed E-state index contributed by atoms with van der Waals surface area (Å²) < 4.78 is 11.3. The number of benzene rings is 2. The third-order valence-corrected chi connectivity index (χ3v) is 6.55. The Labute approximate surface area is 167 Å². The molecule has 4 heteroatoms. The third kappa shape index (κ3) is 3.21. The first kappa shape index (κ1) is 17.8. The first-order valence-corrected chi connectivity index (χ1v) is 10.2. The number of fused-ring (bicyclic) bond motifs is 2. The molecule has 0 aromatic heterocycles. The van der Waals surface area contributed by atoms with Crippen molar-refractivity contribution in [3.63, 3.8) is 0 Å². The van der Waals surface area contributed by atoms with Gasteiger partial charge in [-0.1, -0.05) is 30.3 Å². The van der Waals surface area contributed by atoms with Gasteiger partial charge in [-0.3, -0.25) is 9.80 Å². The van der Waals surface area contributed by atoms with Crippen LogP contribution >= 0.6 is 0 Å². The highest BCUT2D eigenvalue weighted by Gasteiger charge is 2.46. The van der Waals surface area contributed by atoms with Gasteiger partial charge in [0, 0.05) is 37.8 Å². The summed E-state index contributed by atoms with van der Waals surface area (Å²) in [4.78, 5) is 5.16. The highest BCUT2D eigenvalue weighted by molar-refractivity contribution is 5.62. The summed E-state index contributed by atoms with van der Waals surface area (Å²) in [5.74, 6) is 3.37. The molecule has 0 spiro atoms. The Morgan fingerprint density at radius 3 is 2.68 bits per heavy atom. The number of likely N-dealkylation sites (tertiary alicyclic amines) is 2. The van der Waals surface area contributed by atoms with Gasteiger partial charge in [0.15, 0.2) is 0 Å². The topological polar surface area (TPSA) is 24.9 Å². The SMILES string of the molecule is COc1ccc([C@H]2[C@@H]3CN(CC4=Cc5ccccc5OC4)C[C@@H]3CN2C)cc1. The van der Waals surface area contributed by atoms with Crippen molar-refractivity contribution in [3.05, 3.63) is 65.2 Å². The number of rotatable bonds is 4. The van der Waals surface area contributed by atoms with E-state index in [0.29, 0.717) is 18.6 Å². The molecule has 3 atom stereocenters. The summed E-state index contributed by atoms with van der Waals surface area (Å²) >= 11 is 0. The highest BCUT2D eigenvalue weighted by atomic mass is 16.5. The van der Waals surface area contributed by atoms with E-state index in [9.17, 15) is 0 Å². The van der Waals surface area contributed by atoms with Crippen molar-refractivity contribution in [2.24, 2.45) is 11.8 Å². The summed E-state index contributed by atoms with van der Waals surface area (Å²) in [5.41, 5.74) is 4.00. The fourth-order valence-electron chi connectivity index (χ4n) is 5.32. The Morgan fingerprint density at radius 1 is 1.04 bits per heavy atom. The highest BCUT2D eigenvalue weighted by Crippen LogP contribution is 2.44. The van der Waals surface area contributed by atoms with Gasteiger partial charge in [-0.25, -0.2) is 0 Å². The Kier molecular flexibility index (Phi) is 4.61. The van der Waals surface area contributed by atoms with Gasteiger partial charge in [0.1, 0.15) is 18.1 Å². The molecule has 0 unspecified atom stereocenters. The van der Waals surface area contributed by atoms with Crippen LogP contribution in [-0.2, 0) is 0 Å². The van der Waals surface area contributed by atoms with Crippen LogP contribution in [0.25, 0.3) is 6.08 Å². The Hall–Kier alpha value is -2.30. The molecule has 0 N–H and O–H groups in total. The maximum Gasteiger partial charge on any atom is 0.127 e. The third-order valence-electron chi connectivity index (χ3n) is 6.55. The first-order valence-electron chi connectivity index (χ1n) is 10.2. The van der Waals surface area contributed by atoms with Crippen molar-refractivity contribution >= 4 is 6.08 Å². The molecule has 0 bridgehead atoms. The van der Waals surface area contributed by atoms with Gasteiger partial charge in [-0.05, 0) is 54.3 Å². The second-order valence-electron chi connectivity index (χ2n) is 8.40. The zero-order chi connectivity index (χ0) is 19.1. The molecule has 28 heavy (non-hydrogen) atoms. The Balaban J connectivity index is 1.29. The lowest BCUT2D eigenvalue weighted by Gasteiger charge is -2.28. The van der Waals surface area contributed by atoms with Crippen LogP contribution in [-0.4, -0.2) is 56.7 Å². The molecule has 4 nitrogen and oxygen atoms in total. The summed E-state index contributed by atoms with van der Waals surface area (Å²) in [6.07, 6.45) is 2.32. The normalized spacial score (nSPS) is 27.1. The molecule has 5 rings (SSSR count). The molecule has 2 saturated heterocycles. The van der Waals surface area contributed by atoms with E-state index in [1.165, 1.54) is 29.8 Å². The molecule has 0 radical (unpaired) electrons. The predicted molar refractivity (Wildman–Crippen MR) is 112 cm³/mol. The first-order chi connectivity index (χ1) is 13.7. The molecule has 2 fully saturated rings. The zero-order valence-corrected chi connectivity index (χ0v) is 16.7. The van der Waals surface area contributed by atoms with Gasteiger partial charge >= 0.3 is 0 Å². The molecule has 0 saturated carbocycles. The molecule has 3 aliphatic heterocycles. The fourth-order valence-corrected chi connectivity index (χ4v) is 5.32. The van der Waals surface area contributed by atoms with Crippen LogP contribution in [0.1, 0.15) is 17.2 Å². The lowest BCUT2D eigenvalue weighted by molar-refractivity contribution is 0.231. The summed E-state index contributed by atoms with van der Waals surface area (Å²) in [6, 6.07) is 17.5. The summed E-state index contributed by atoms with van der Waals surface area (Å²) in [7, 11) is 4.00. The molecule has 146 valence electrons. The van der Waals surface area contributed by atoms with E-state index in [4.69, 9.17) is 9.47 Å². The smallest absolute Gasteiger partial charge is 0.127 e. The van der Waals surface area contributed by atoms with Crippen molar-refractivity contribution in [1.82, 2.24) is 9.80 Å². The quantitative estimate of drug-likeness (QED) is 0.812. The molecule has 0 aliphatic carbocycles. The standard InChI is InChI=1S/C24H28N2O2/c1-25-13-20-14-26(12-17-11-19-5-3-4-6-23(19)28-16-17)15-22(20)24(25)18-7-9-21(27-2)10-8-18/h3-11,20,22,24H,12-16H2,1-2H3/t20-,22+,24-/m0/s1. The van der Waals surface area contributed by atoms with Crippen LogP contribution < -0.4 is 9.47 Å². The van der Waals surface area contributed by atoms with E-state index in [1.54, 1.807) is 7.11 Å². The average molecular weight is 377 g/mol. The van der Waals surface area contributed by atoms with Crippen molar-refractivity contribution in [2.75, 3.05) is 46.9 Å². The number of hydrogen-bond acceptors (Lipinski definition) is 4. The number of nitrogens with zero attached hydrogens (tertiary/aromatic N) is 2. The van der Waals surface area contributed by atoms with Crippen molar-refractivity contribution in [1.29, 1.82) is 0 Å². The maximum atomic E-state index is 5.95. The Morgan fingerprint density at radius 2 is 1.86 bits per heavy atom. The van der Waals surface area contributed by atoms with E-state index in [1.807, 2.05) is 6.07 Å². The van der Waals surface area contributed by atoms with Crippen LogP contribution in [0.5, 0.6) is 11.5 Å². The van der Waals surface area contributed by atoms with Crippen LogP contribution in [0, 0.1) is 11.8 Å². The molecule has 2 aromatic carbocycles. The lowest BCUT2D eigenvalue weighted by Crippen LogP contribution is -2.31. The van der Waals surface area contributed by atoms with Gasteiger partial charge in [0.2, 0.25) is 0 Å². The van der Waals surface area contributed by atoms with Crippen molar-refractivity contribution in [2.45, 2.75) is 6.04 Å². The fraction of sp³-hybridized carbons (Fsp3) is 0.417. The van der Waals surface area contributed by atoms with E-state index >= 15 is 0 Å². The van der Waals surface area contributed by atoms with Gasteiger partial charge in [0.05, 0.1) is 7.11 Å². The van der Waals surface area contributed by atoms with Gasteiger partial charge < -0.3 is 9.47 Å². The van der Waals surface area contributed by atoms with Crippen molar-refractivity contribution in [3.8, 4) is 11.5 Å². The van der Waals surface area contributed by atoms with Gasteiger partial charge in [0.25, 0.3) is 0 Å². The molecule has 3 heterocycles. The number of para-hydroxylation sites is 1. The minimum Gasteiger partial charge on any atom is -0.497 e. The van der Waals surface area contributed by atoms with Gasteiger partial charge in [-0.2, -0.15) is 0 Å². The van der Waals surface area contributed by atoms with Crippen LogP contribution in [0.15, 0.2) is 54.1 Å². The average Bonchev–Trinajstić information content (AvgIpc) is 3.23. The maximum absolute atomic E-state index is 5.95. The van der Waals surface area contributed by atoms with E-state index < -0.39 is 0 Å². The second-order valence-corrected chi connectivity index (χ2v) is 8.40. The lowest BCUT2D eigenvalue weighted by atomic mass is 9.89. The monoisotopic (exact) mass is 376 g/mol. The van der Waals surface area contributed by atoms with Crippen molar-refractivity contribution < 1.29 is 9.47 Å². The molecule has 3 aliphatic rings. The minimum atomic E-state index is 0.498. The predicted octanol–water partition coefficient (Wildman–Crippen LogP) is 3.71. The van der Waals surface area contributed by atoms with E-state index in [2.05, 4.69) is 65.4 Å². The number of ether oxygens (including phenoxy) is 2. The van der Waals surface area contributed by atoms with Crippen LogP contribution in [0.2, 0.25) is 0 Å². The van der Waals surface area contributed by atoms with Crippen LogP contribution in [0.4, 0.5) is 0 Å². The molecular formula is C24H28N2O2. The molecule has 0 amide bonds.